The lowest BCUT2D eigenvalue weighted by molar-refractivity contribution is -0.145. The molecular formula is C25H30F2N4O4. The number of β-amino-alcohol motifs (C(OH)–C–C–N with tert-alkyl or cyclic N) is 1. The Morgan fingerprint density at radius 3 is 2.57 bits per heavy atom. The molecule has 1 aromatic carbocycles. The summed E-state index contributed by atoms with van der Waals surface area (Å²) in [5.74, 6) is -0.854. The van der Waals surface area contributed by atoms with E-state index in [1.165, 1.54) is 6.07 Å². The summed E-state index contributed by atoms with van der Waals surface area (Å²) in [4.78, 5) is 32.4. The second kappa shape index (κ2) is 9.87. The van der Waals surface area contributed by atoms with Crippen LogP contribution in [0.4, 0.5) is 14.5 Å². The standard InChI is InChI=1S/C25H30F2N4O4/c1-14(2)17-6-4-5-7-18(17)25(12-31(13-25)22(33)20-10-16(32)11-28-20)23(34)30-19-9-8-15(3)29-21(19)35-24(26)27/h4-9,14,16,20,24,28,32H,10-13H2,1-3H3,(H,30,34)/t16-,20?/m0/s1. The topological polar surface area (TPSA) is 104 Å². The number of aryl methyl sites for hydroxylation is 1. The van der Waals surface area contributed by atoms with Crippen LogP contribution in [0, 0.1) is 6.92 Å². The smallest absolute Gasteiger partial charge is 0.388 e. The van der Waals surface area contributed by atoms with E-state index < -0.39 is 30.1 Å². The fourth-order valence-corrected chi connectivity index (χ4v) is 4.80. The normalized spacial score (nSPS) is 21.2. The van der Waals surface area contributed by atoms with Gasteiger partial charge in [0.05, 0.1) is 12.1 Å². The number of aromatic nitrogens is 1. The molecule has 0 bridgehead atoms. The first-order valence-electron chi connectivity index (χ1n) is 11.6. The minimum absolute atomic E-state index is 0.0349. The number of likely N-dealkylation sites (tertiary alicyclic amines) is 1. The molecule has 2 aliphatic rings. The van der Waals surface area contributed by atoms with Crippen LogP contribution in [0.1, 0.15) is 43.0 Å². The number of benzene rings is 1. The van der Waals surface area contributed by atoms with Gasteiger partial charge in [-0.3, -0.25) is 9.59 Å². The molecule has 2 fully saturated rings. The molecular weight excluding hydrogens is 458 g/mol. The first kappa shape index (κ1) is 25.0. The Morgan fingerprint density at radius 2 is 1.94 bits per heavy atom. The third kappa shape index (κ3) is 4.99. The van der Waals surface area contributed by atoms with Gasteiger partial charge in [0.1, 0.15) is 11.1 Å². The zero-order chi connectivity index (χ0) is 25.3. The van der Waals surface area contributed by atoms with Crippen LogP contribution in [0.5, 0.6) is 5.88 Å². The summed E-state index contributed by atoms with van der Waals surface area (Å²) in [6.45, 7) is 3.18. The van der Waals surface area contributed by atoms with E-state index in [0.717, 1.165) is 11.1 Å². The van der Waals surface area contributed by atoms with E-state index >= 15 is 0 Å². The molecule has 1 aromatic heterocycles. The molecule has 0 spiro atoms. The average molecular weight is 489 g/mol. The molecule has 2 atom stereocenters. The summed E-state index contributed by atoms with van der Waals surface area (Å²) in [7, 11) is 0. The maximum atomic E-state index is 13.8. The van der Waals surface area contributed by atoms with Crippen LogP contribution in [0.2, 0.25) is 0 Å². The summed E-state index contributed by atoms with van der Waals surface area (Å²) < 4.78 is 30.5. The maximum absolute atomic E-state index is 13.8. The number of hydrogen-bond acceptors (Lipinski definition) is 6. The number of nitrogens with one attached hydrogen (secondary N) is 2. The molecule has 0 radical (unpaired) electrons. The number of aliphatic hydroxyl groups excluding tert-OH is 1. The highest BCUT2D eigenvalue weighted by Crippen LogP contribution is 2.41. The van der Waals surface area contributed by atoms with Crippen LogP contribution < -0.4 is 15.4 Å². The third-order valence-electron chi connectivity index (χ3n) is 6.62. The lowest BCUT2D eigenvalue weighted by Crippen LogP contribution is -2.68. The van der Waals surface area contributed by atoms with E-state index in [9.17, 15) is 23.5 Å². The van der Waals surface area contributed by atoms with Gasteiger partial charge in [0.15, 0.2) is 0 Å². The van der Waals surface area contributed by atoms with Crippen molar-refractivity contribution in [3.05, 3.63) is 53.2 Å². The molecule has 2 amide bonds. The van der Waals surface area contributed by atoms with Crippen molar-refractivity contribution in [3.63, 3.8) is 0 Å². The number of carbonyl (C=O) groups is 2. The molecule has 3 N–H and O–H groups in total. The molecule has 188 valence electrons. The van der Waals surface area contributed by atoms with E-state index in [0.29, 0.717) is 18.7 Å². The van der Waals surface area contributed by atoms with Gasteiger partial charge in [0.2, 0.25) is 17.7 Å². The van der Waals surface area contributed by atoms with Gasteiger partial charge in [-0.2, -0.15) is 8.78 Å². The number of rotatable bonds is 7. The average Bonchev–Trinajstić information content (AvgIpc) is 3.21. The molecule has 0 saturated carbocycles. The van der Waals surface area contributed by atoms with Crippen molar-refractivity contribution < 1.29 is 28.2 Å². The fourth-order valence-electron chi connectivity index (χ4n) is 4.80. The number of hydrogen-bond donors (Lipinski definition) is 3. The summed E-state index contributed by atoms with van der Waals surface area (Å²) >= 11 is 0. The molecule has 2 aromatic rings. The third-order valence-corrected chi connectivity index (χ3v) is 6.62. The largest absolute Gasteiger partial charge is 0.415 e. The summed E-state index contributed by atoms with van der Waals surface area (Å²) in [5, 5.41) is 15.5. The van der Waals surface area contributed by atoms with Crippen molar-refractivity contribution in [1.82, 2.24) is 15.2 Å². The number of amides is 2. The number of halogens is 2. The van der Waals surface area contributed by atoms with E-state index in [-0.39, 0.29) is 36.5 Å². The van der Waals surface area contributed by atoms with Crippen molar-refractivity contribution in [2.75, 3.05) is 25.0 Å². The van der Waals surface area contributed by atoms with Gasteiger partial charge >= 0.3 is 6.61 Å². The van der Waals surface area contributed by atoms with Gasteiger partial charge in [-0.25, -0.2) is 4.98 Å². The molecule has 10 heteroatoms. The Hall–Kier alpha value is -3.11. The Balaban J connectivity index is 1.65. The Morgan fingerprint density at radius 1 is 1.23 bits per heavy atom. The monoisotopic (exact) mass is 488 g/mol. The van der Waals surface area contributed by atoms with Gasteiger partial charge in [-0.15, -0.1) is 0 Å². The Bertz CT molecular complexity index is 1100. The fraction of sp³-hybridized carbons (Fsp3) is 0.480. The van der Waals surface area contributed by atoms with Crippen LogP contribution in [-0.2, 0) is 15.0 Å². The summed E-state index contributed by atoms with van der Waals surface area (Å²) in [6.07, 6.45) is -0.261. The lowest BCUT2D eigenvalue weighted by atomic mass is 9.69. The van der Waals surface area contributed by atoms with Gasteiger partial charge in [0.25, 0.3) is 0 Å². The maximum Gasteiger partial charge on any atom is 0.388 e. The number of ether oxygens (including phenoxy) is 1. The summed E-state index contributed by atoms with van der Waals surface area (Å²) in [6, 6.07) is 10.1. The van der Waals surface area contributed by atoms with Crippen molar-refractivity contribution in [1.29, 1.82) is 0 Å². The predicted octanol–water partition coefficient (Wildman–Crippen LogP) is 2.56. The zero-order valence-electron chi connectivity index (χ0n) is 19.9. The molecule has 35 heavy (non-hydrogen) atoms. The van der Waals surface area contributed by atoms with E-state index in [2.05, 4.69) is 20.4 Å². The number of pyridine rings is 1. The molecule has 3 heterocycles. The second-order valence-electron chi connectivity index (χ2n) is 9.51. The van der Waals surface area contributed by atoms with Gasteiger partial charge in [-0.05, 0) is 42.5 Å². The van der Waals surface area contributed by atoms with Crippen LogP contribution in [-0.4, -0.2) is 65.2 Å². The van der Waals surface area contributed by atoms with Crippen LogP contribution in [0.3, 0.4) is 0 Å². The number of nitrogens with zero attached hydrogens (tertiary/aromatic N) is 2. The van der Waals surface area contributed by atoms with Crippen molar-refractivity contribution >= 4 is 17.5 Å². The van der Waals surface area contributed by atoms with Gasteiger partial charge < -0.3 is 25.4 Å². The number of anilines is 1. The number of carbonyl (C=O) groups excluding carboxylic acids is 2. The number of alkyl halides is 2. The second-order valence-corrected chi connectivity index (χ2v) is 9.51. The van der Waals surface area contributed by atoms with Crippen LogP contribution in [0.25, 0.3) is 0 Å². The SMILES string of the molecule is Cc1ccc(NC(=O)C2(c3ccccc3C(C)C)CN(C(=O)C3C[C@H](O)CN3)C2)c(OC(F)F)n1. The van der Waals surface area contributed by atoms with Crippen molar-refractivity contribution in [3.8, 4) is 5.88 Å². The molecule has 2 saturated heterocycles. The quantitative estimate of drug-likeness (QED) is 0.554. The van der Waals surface area contributed by atoms with E-state index in [1.807, 2.05) is 38.1 Å². The first-order valence-corrected chi connectivity index (χ1v) is 11.6. The van der Waals surface area contributed by atoms with Gasteiger partial charge in [0, 0.05) is 25.3 Å². The minimum atomic E-state index is -3.10. The van der Waals surface area contributed by atoms with Crippen LogP contribution in [0.15, 0.2) is 36.4 Å². The minimum Gasteiger partial charge on any atom is -0.415 e. The van der Waals surface area contributed by atoms with Crippen molar-refractivity contribution in [2.24, 2.45) is 0 Å². The summed E-state index contributed by atoms with van der Waals surface area (Å²) in [5.41, 5.74) is 1.17. The highest BCUT2D eigenvalue weighted by atomic mass is 19.3. The number of aliphatic hydroxyl groups is 1. The Kier molecular flexibility index (Phi) is 7.05. The highest BCUT2D eigenvalue weighted by molar-refractivity contribution is 6.03. The van der Waals surface area contributed by atoms with Crippen LogP contribution >= 0.6 is 0 Å². The zero-order valence-corrected chi connectivity index (χ0v) is 19.9. The van der Waals surface area contributed by atoms with E-state index in [4.69, 9.17) is 0 Å². The first-order chi connectivity index (χ1) is 16.6. The van der Waals surface area contributed by atoms with Crippen molar-refractivity contribution in [2.45, 2.75) is 57.3 Å². The van der Waals surface area contributed by atoms with Gasteiger partial charge in [-0.1, -0.05) is 38.1 Å². The Labute approximate surface area is 202 Å². The molecule has 8 nitrogen and oxygen atoms in total. The molecule has 1 unspecified atom stereocenters. The predicted molar refractivity (Wildman–Crippen MR) is 125 cm³/mol. The molecule has 2 aliphatic heterocycles. The lowest BCUT2D eigenvalue weighted by Gasteiger charge is -2.50. The van der Waals surface area contributed by atoms with E-state index in [1.54, 1.807) is 17.9 Å². The highest BCUT2D eigenvalue weighted by Gasteiger charge is 2.54. The molecule has 4 rings (SSSR count). The molecule has 0 aliphatic carbocycles.